The van der Waals surface area contributed by atoms with Gasteiger partial charge >= 0.3 is 0 Å². The van der Waals surface area contributed by atoms with Crippen molar-refractivity contribution in [1.82, 2.24) is 4.90 Å². The molecule has 1 fully saturated rings. The predicted octanol–water partition coefficient (Wildman–Crippen LogP) is 3.01. The fourth-order valence-electron chi connectivity index (χ4n) is 2.43. The lowest BCUT2D eigenvalue weighted by molar-refractivity contribution is -0.105. The first-order chi connectivity index (χ1) is 7.11. The van der Waals surface area contributed by atoms with Crippen molar-refractivity contribution < 1.29 is 9.13 Å². The molecule has 1 unspecified atom stereocenters. The third kappa shape index (κ3) is 4.02. The standard InChI is InChI=1S/C13H26FNO/c1-10(16-12(2,3)4)11-9-13(5,14)7-8-15(11)6/h10-11H,7-9H2,1-6H3/t10-,11-,13?/m0/s1. The van der Waals surface area contributed by atoms with Crippen LogP contribution in [0.2, 0.25) is 0 Å². The van der Waals surface area contributed by atoms with E-state index in [-0.39, 0.29) is 17.7 Å². The van der Waals surface area contributed by atoms with E-state index in [0.717, 1.165) is 6.54 Å². The number of ether oxygens (including phenoxy) is 1. The van der Waals surface area contributed by atoms with Gasteiger partial charge in [0, 0.05) is 12.6 Å². The summed E-state index contributed by atoms with van der Waals surface area (Å²) >= 11 is 0. The molecule has 0 spiro atoms. The van der Waals surface area contributed by atoms with E-state index >= 15 is 0 Å². The quantitative estimate of drug-likeness (QED) is 0.724. The lowest BCUT2D eigenvalue weighted by Crippen LogP contribution is -2.52. The Bertz CT molecular complexity index is 235. The summed E-state index contributed by atoms with van der Waals surface area (Å²) in [5.74, 6) is 0. The second-order valence-electron chi connectivity index (χ2n) is 6.35. The monoisotopic (exact) mass is 231 g/mol. The molecule has 1 heterocycles. The average molecular weight is 231 g/mol. The van der Waals surface area contributed by atoms with Crippen LogP contribution in [0.15, 0.2) is 0 Å². The van der Waals surface area contributed by atoms with Crippen LogP contribution in [0.4, 0.5) is 4.39 Å². The summed E-state index contributed by atoms with van der Waals surface area (Å²) in [5, 5.41) is 0. The van der Waals surface area contributed by atoms with Crippen molar-refractivity contribution in [2.75, 3.05) is 13.6 Å². The van der Waals surface area contributed by atoms with Gasteiger partial charge in [-0.05, 0) is 54.5 Å². The molecule has 1 saturated heterocycles. The van der Waals surface area contributed by atoms with Crippen molar-refractivity contribution in [3.05, 3.63) is 0 Å². The van der Waals surface area contributed by atoms with E-state index in [0.29, 0.717) is 12.8 Å². The Morgan fingerprint density at radius 2 is 2.00 bits per heavy atom. The molecule has 1 rings (SSSR count). The van der Waals surface area contributed by atoms with Gasteiger partial charge in [0.2, 0.25) is 0 Å². The predicted molar refractivity (Wildman–Crippen MR) is 65.5 cm³/mol. The molecule has 0 aromatic heterocycles. The molecule has 0 saturated carbocycles. The lowest BCUT2D eigenvalue weighted by Gasteiger charge is -2.43. The molecule has 1 aliphatic heterocycles. The maximum atomic E-state index is 14.0. The molecule has 3 atom stereocenters. The van der Waals surface area contributed by atoms with Crippen molar-refractivity contribution >= 4 is 0 Å². The third-order valence-corrected chi connectivity index (χ3v) is 3.27. The number of nitrogens with zero attached hydrogens (tertiary/aromatic N) is 1. The van der Waals surface area contributed by atoms with Crippen molar-refractivity contribution in [2.24, 2.45) is 0 Å². The molecule has 0 radical (unpaired) electrons. The summed E-state index contributed by atoms with van der Waals surface area (Å²) in [7, 11) is 2.06. The van der Waals surface area contributed by atoms with Gasteiger partial charge in [-0.3, -0.25) is 0 Å². The number of alkyl halides is 1. The summed E-state index contributed by atoms with van der Waals surface area (Å²) in [4.78, 5) is 2.22. The Hall–Kier alpha value is -0.150. The van der Waals surface area contributed by atoms with Gasteiger partial charge < -0.3 is 9.64 Å². The van der Waals surface area contributed by atoms with Crippen LogP contribution >= 0.6 is 0 Å². The highest BCUT2D eigenvalue weighted by molar-refractivity contribution is 4.91. The number of piperidine rings is 1. The molecular weight excluding hydrogens is 205 g/mol. The highest BCUT2D eigenvalue weighted by Gasteiger charge is 2.38. The van der Waals surface area contributed by atoms with E-state index in [1.807, 2.05) is 27.7 Å². The van der Waals surface area contributed by atoms with Gasteiger partial charge in [-0.1, -0.05) is 0 Å². The van der Waals surface area contributed by atoms with Crippen molar-refractivity contribution in [3.63, 3.8) is 0 Å². The number of likely N-dealkylation sites (N-methyl/N-ethyl adjacent to an activating group) is 1. The highest BCUT2D eigenvalue weighted by Crippen LogP contribution is 2.32. The van der Waals surface area contributed by atoms with E-state index in [9.17, 15) is 4.39 Å². The molecule has 0 amide bonds. The molecule has 96 valence electrons. The van der Waals surface area contributed by atoms with Gasteiger partial charge in [-0.15, -0.1) is 0 Å². The maximum absolute atomic E-state index is 14.0. The summed E-state index contributed by atoms with van der Waals surface area (Å²) in [5.41, 5.74) is -1.20. The van der Waals surface area contributed by atoms with Gasteiger partial charge in [0.1, 0.15) is 5.67 Å². The number of hydrogen-bond acceptors (Lipinski definition) is 2. The summed E-state index contributed by atoms with van der Waals surface area (Å²) < 4.78 is 19.9. The van der Waals surface area contributed by atoms with E-state index in [1.165, 1.54) is 0 Å². The normalized spacial score (nSPS) is 35.1. The SMILES string of the molecule is C[C@H](OC(C)(C)C)[C@@H]1CC(C)(F)CCN1C. The van der Waals surface area contributed by atoms with Crippen LogP contribution < -0.4 is 0 Å². The van der Waals surface area contributed by atoms with Crippen LogP contribution in [0.1, 0.15) is 47.5 Å². The molecule has 1 aliphatic rings. The maximum Gasteiger partial charge on any atom is 0.111 e. The van der Waals surface area contributed by atoms with Crippen LogP contribution in [-0.2, 0) is 4.74 Å². The fourth-order valence-corrected chi connectivity index (χ4v) is 2.43. The van der Waals surface area contributed by atoms with Gasteiger partial charge in [-0.2, -0.15) is 0 Å². The minimum atomic E-state index is -1.04. The minimum Gasteiger partial charge on any atom is -0.371 e. The fraction of sp³-hybridized carbons (Fsp3) is 1.00. The molecule has 2 nitrogen and oxygen atoms in total. The molecule has 0 aromatic carbocycles. The van der Waals surface area contributed by atoms with Gasteiger partial charge in [-0.25, -0.2) is 4.39 Å². The molecule has 0 N–H and O–H groups in total. The van der Waals surface area contributed by atoms with E-state index < -0.39 is 5.67 Å². The Morgan fingerprint density at radius 3 is 2.50 bits per heavy atom. The second-order valence-corrected chi connectivity index (χ2v) is 6.35. The van der Waals surface area contributed by atoms with Crippen molar-refractivity contribution in [1.29, 1.82) is 0 Å². The molecule has 0 bridgehead atoms. The van der Waals surface area contributed by atoms with E-state index in [4.69, 9.17) is 4.74 Å². The second kappa shape index (κ2) is 4.61. The number of hydrogen-bond donors (Lipinski definition) is 0. The first-order valence-corrected chi connectivity index (χ1v) is 6.18. The van der Waals surface area contributed by atoms with Crippen LogP contribution in [-0.4, -0.2) is 41.9 Å². The Kier molecular flexibility index (Phi) is 4.01. The summed E-state index contributed by atoms with van der Waals surface area (Å²) in [6.07, 6.45) is 1.27. The molecular formula is C13H26FNO. The molecule has 0 aliphatic carbocycles. The number of rotatable bonds is 2. The third-order valence-electron chi connectivity index (χ3n) is 3.27. The number of halogens is 1. The zero-order chi connectivity index (χ0) is 12.6. The van der Waals surface area contributed by atoms with Crippen LogP contribution in [0.25, 0.3) is 0 Å². The van der Waals surface area contributed by atoms with Crippen LogP contribution in [0.5, 0.6) is 0 Å². The highest BCUT2D eigenvalue weighted by atomic mass is 19.1. The zero-order valence-electron chi connectivity index (χ0n) is 11.5. The smallest absolute Gasteiger partial charge is 0.111 e. The Labute approximate surface area is 99.2 Å². The average Bonchev–Trinajstić information content (AvgIpc) is 2.06. The van der Waals surface area contributed by atoms with Gasteiger partial charge in [0.25, 0.3) is 0 Å². The zero-order valence-corrected chi connectivity index (χ0v) is 11.5. The van der Waals surface area contributed by atoms with Crippen LogP contribution in [0.3, 0.4) is 0 Å². The Balaban J connectivity index is 2.62. The number of likely N-dealkylation sites (tertiary alicyclic amines) is 1. The van der Waals surface area contributed by atoms with Crippen molar-refractivity contribution in [3.8, 4) is 0 Å². The molecule has 3 heteroatoms. The van der Waals surface area contributed by atoms with E-state index in [2.05, 4.69) is 11.9 Å². The van der Waals surface area contributed by atoms with Gasteiger partial charge in [0.15, 0.2) is 0 Å². The van der Waals surface area contributed by atoms with Gasteiger partial charge in [0.05, 0.1) is 11.7 Å². The van der Waals surface area contributed by atoms with Crippen LogP contribution in [0, 0.1) is 0 Å². The summed E-state index contributed by atoms with van der Waals surface area (Å²) in [6.45, 7) is 10.7. The molecule has 0 aromatic rings. The Morgan fingerprint density at radius 1 is 1.44 bits per heavy atom. The minimum absolute atomic E-state index is 0.0698. The topological polar surface area (TPSA) is 12.5 Å². The van der Waals surface area contributed by atoms with E-state index in [1.54, 1.807) is 6.92 Å². The first kappa shape index (κ1) is 13.9. The first-order valence-electron chi connectivity index (χ1n) is 6.18. The lowest BCUT2D eigenvalue weighted by atomic mass is 9.87. The summed E-state index contributed by atoms with van der Waals surface area (Å²) in [6, 6.07) is 0.183. The largest absolute Gasteiger partial charge is 0.371 e. The molecule has 16 heavy (non-hydrogen) atoms. The van der Waals surface area contributed by atoms with Crippen molar-refractivity contribution in [2.45, 2.75) is 70.9 Å².